The van der Waals surface area contributed by atoms with Crippen LogP contribution in [0.4, 0.5) is 5.69 Å². The Hall–Kier alpha value is -1.27. The molecule has 94 valence electrons. The maximum absolute atomic E-state index is 11.0. The number of nitrogens with zero attached hydrogens (tertiary/aromatic N) is 1. The number of anilines is 1. The molecule has 0 saturated carbocycles. The summed E-state index contributed by atoms with van der Waals surface area (Å²) in [5.41, 5.74) is 0.347. The molecule has 0 saturated heterocycles. The summed E-state index contributed by atoms with van der Waals surface area (Å²) in [5, 5.41) is 9.38. The molecule has 1 aromatic carbocycles. The lowest BCUT2D eigenvalue weighted by molar-refractivity contribution is 0.0697. The molecule has 0 aliphatic heterocycles. The summed E-state index contributed by atoms with van der Waals surface area (Å²) in [7, 11) is -2.62. The molecule has 0 heterocycles. The molecule has 0 unspecified atom stereocenters. The van der Waals surface area contributed by atoms with E-state index in [9.17, 15) is 13.2 Å². The molecule has 0 aliphatic rings. The molecule has 0 fully saturated rings. The Kier molecular flexibility index (Phi) is 4.77. The van der Waals surface area contributed by atoms with Gasteiger partial charge in [-0.3, -0.25) is 0 Å². The SMILES string of the molecule is CCN(C[SH](=O)=O)c1cc(Cl)ccc1C(=O)O. The largest absolute Gasteiger partial charge is 0.478 e. The minimum atomic E-state index is -2.62. The first-order chi connectivity index (χ1) is 7.95. The van der Waals surface area contributed by atoms with Crippen molar-refractivity contribution in [1.82, 2.24) is 0 Å². The molecule has 0 bridgehead atoms. The van der Waals surface area contributed by atoms with Crippen LogP contribution >= 0.6 is 11.6 Å². The fourth-order valence-electron chi connectivity index (χ4n) is 1.43. The van der Waals surface area contributed by atoms with Gasteiger partial charge in [-0.2, -0.15) is 0 Å². The number of hydrogen-bond acceptors (Lipinski definition) is 4. The predicted octanol–water partition coefficient (Wildman–Crippen LogP) is 1.43. The number of rotatable bonds is 5. The molecule has 0 radical (unpaired) electrons. The maximum atomic E-state index is 11.0. The van der Waals surface area contributed by atoms with Crippen molar-refractivity contribution in [1.29, 1.82) is 0 Å². The van der Waals surface area contributed by atoms with E-state index in [-0.39, 0.29) is 11.4 Å². The number of carbonyl (C=O) groups is 1. The van der Waals surface area contributed by atoms with Gasteiger partial charge in [0.1, 0.15) is 5.88 Å². The minimum absolute atomic E-state index is 0.0353. The lowest BCUT2D eigenvalue weighted by Crippen LogP contribution is -2.26. The normalized spacial score (nSPS) is 10.5. The van der Waals surface area contributed by atoms with Crippen molar-refractivity contribution in [2.45, 2.75) is 6.92 Å². The fraction of sp³-hybridized carbons (Fsp3) is 0.300. The van der Waals surface area contributed by atoms with Crippen molar-refractivity contribution in [3.8, 4) is 0 Å². The quantitative estimate of drug-likeness (QED) is 0.797. The monoisotopic (exact) mass is 277 g/mol. The highest BCUT2D eigenvalue weighted by Crippen LogP contribution is 2.24. The third-order valence-electron chi connectivity index (χ3n) is 2.20. The summed E-state index contributed by atoms with van der Waals surface area (Å²) in [6.45, 7) is 2.12. The first-order valence-corrected chi connectivity index (χ1v) is 6.59. The standard InChI is InChI=1S/C10H12ClNO4S/c1-2-12(6-17(15)16)9-5-7(11)3-4-8(9)10(13)14/h3-5,17H,2,6H2,1H3,(H,13,14). The molecule has 0 atom stereocenters. The van der Waals surface area contributed by atoms with E-state index in [4.69, 9.17) is 16.7 Å². The smallest absolute Gasteiger partial charge is 0.337 e. The Morgan fingerprint density at radius 2 is 2.12 bits per heavy atom. The van der Waals surface area contributed by atoms with Crippen molar-refractivity contribution in [2.24, 2.45) is 0 Å². The van der Waals surface area contributed by atoms with E-state index < -0.39 is 16.7 Å². The molecule has 5 nitrogen and oxygen atoms in total. The first-order valence-electron chi connectivity index (χ1n) is 4.85. The molecular weight excluding hydrogens is 266 g/mol. The van der Waals surface area contributed by atoms with E-state index in [0.29, 0.717) is 17.3 Å². The zero-order valence-corrected chi connectivity index (χ0v) is 10.7. The molecule has 0 aliphatic carbocycles. The van der Waals surface area contributed by atoms with Gasteiger partial charge < -0.3 is 10.0 Å². The van der Waals surface area contributed by atoms with Crippen molar-refractivity contribution in [3.63, 3.8) is 0 Å². The topological polar surface area (TPSA) is 74.7 Å². The molecule has 0 spiro atoms. The van der Waals surface area contributed by atoms with Gasteiger partial charge in [-0.05, 0) is 25.1 Å². The van der Waals surface area contributed by atoms with E-state index >= 15 is 0 Å². The summed E-state index contributed by atoms with van der Waals surface area (Å²) < 4.78 is 21.4. The summed E-state index contributed by atoms with van der Waals surface area (Å²) in [5.74, 6) is -1.34. The molecule has 1 aromatic rings. The molecule has 0 amide bonds. The third-order valence-corrected chi connectivity index (χ3v) is 3.01. The highest BCUT2D eigenvalue weighted by molar-refractivity contribution is 7.72. The van der Waals surface area contributed by atoms with Gasteiger partial charge in [-0.15, -0.1) is 0 Å². The zero-order chi connectivity index (χ0) is 13.0. The van der Waals surface area contributed by atoms with Crippen LogP contribution in [0.15, 0.2) is 18.2 Å². The van der Waals surface area contributed by atoms with E-state index in [1.807, 2.05) is 0 Å². The van der Waals surface area contributed by atoms with Gasteiger partial charge in [0.2, 0.25) is 0 Å². The second kappa shape index (κ2) is 5.88. The molecular formula is C10H12ClNO4S. The van der Waals surface area contributed by atoms with E-state index in [2.05, 4.69) is 0 Å². The van der Waals surface area contributed by atoms with E-state index in [0.717, 1.165) is 0 Å². The second-order valence-corrected chi connectivity index (χ2v) is 4.68. The van der Waals surface area contributed by atoms with Crippen LogP contribution in [0.5, 0.6) is 0 Å². The van der Waals surface area contributed by atoms with Crippen LogP contribution in [0.3, 0.4) is 0 Å². The average molecular weight is 278 g/mol. The van der Waals surface area contributed by atoms with Gasteiger partial charge in [-0.1, -0.05) is 11.6 Å². The Bertz CT molecular complexity index is 493. The Labute approximate surface area is 106 Å². The third kappa shape index (κ3) is 3.61. The lowest BCUT2D eigenvalue weighted by atomic mass is 10.1. The van der Waals surface area contributed by atoms with Crippen LogP contribution < -0.4 is 4.90 Å². The van der Waals surface area contributed by atoms with Crippen LogP contribution in [0, 0.1) is 0 Å². The fourth-order valence-corrected chi connectivity index (χ4v) is 2.23. The lowest BCUT2D eigenvalue weighted by Gasteiger charge is -2.22. The molecule has 1 rings (SSSR count). The van der Waals surface area contributed by atoms with Crippen molar-refractivity contribution < 1.29 is 18.3 Å². The number of halogens is 1. The number of benzene rings is 1. The number of carboxylic acid groups (broad SMARTS) is 1. The van der Waals surface area contributed by atoms with Crippen LogP contribution in [0.25, 0.3) is 0 Å². The van der Waals surface area contributed by atoms with Crippen LogP contribution in [0.1, 0.15) is 17.3 Å². The van der Waals surface area contributed by atoms with Gasteiger partial charge in [0.05, 0.1) is 11.3 Å². The predicted molar refractivity (Wildman–Crippen MR) is 66.6 cm³/mol. The molecule has 0 aromatic heterocycles. The van der Waals surface area contributed by atoms with Crippen LogP contribution in [-0.4, -0.2) is 31.9 Å². The number of aromatic carboxylic acids is 1. The zero-order valence-electron chi connectivity index (χ0n) is 9.09. The van der Waals surface area contributed by atoms with Gasteiger partial charge in [0.15, 0.2) is 10.7 Å². The average Bonchev–Trinajstić information content (AvgIpc) is 2.25. The number of carboxylic acids is 1. The minimum Gasteiger partial charge on any atom is -0.478 e. The van der Waals surface area contributed by atoms with Gasteiger partial charge in [0, 0.05) is 11.6 Å². The Balaban J connectivity index is 3.24. The van der Waals surface area contributed by atoms with Gasteiger partial charge in [-0.25, -0.2) is 13.2 Å². The highest BCUT2D eigenvalue weighted by atomic mass is 35.5. The highest BCUT2D eigenvalue weighted by Gasteiger charge is 2.15. The molecule has 1 N–H and O–H groups in total. The first kappa shape index (κ1) is 13.8. The van der Waals surface area contributed by atoms with Crippen LogP contribution in [-0.2, 0) is 10.7 Å². The summed E-state index contributed by atoms with van der Waals surface area (Å²) in [6, 6.07) is 4.27. The second-order valence-electron chi connectivity index (χ2n) is 3.30. The maximum Gasteiger partial charge on any atom is 0.337 e. The van der Waals surface area contributed by atoms with Crippen LogP contribution in [0.2, 0.25) is 5.02 Å². The van der Waals surface area contributed by atoms with E-state index in [1.54, 1.807) is 6.92 Å². The van der Waals surface area contributed by atoms with Gasteiger partial charge >= 0.3 is 5.97 Å². The van der Waals surface area contributed by atoms with Crippen molar-refractivity contribution in [2.75, 3.05) is 17.3 Å². The molecule has 7 heteroatoms. The van der Waals surface area contributed by atoms with Gasteiger partial charge in [0.25, 0.3) is 0 Å². The number of thiol groups is 1. The van der Waals surface area contributed by atoms with E-state index in [1.165, 1.54) is 23.1 Å². The van der Waals surface area contributed by atoms with Crippen molar-refractivity contribution in [3.05, 3.63) is 28.8 Å². The van der Waals surface area contributed by atoms with Crippen molar-refractivity contribution >= 4 is 34.0 Å². The molecule has 17 heavy (non-hydrogen) atoms. The summed E-state index contributed by atoms with van der Waals surface area (Å²) in [6.07, 6.45) is 0. The summed E-state index contributed by atoms with van der Waals surface area (Å²) >= 11 is 5.79. The Morgan fingerprint density at radius 1 is 1.47 bits per heavy atom. The summed E-state index contributed by atoms with van der Waals surface area (Å²) in [4.78, 5) is 12.5. The Morgan fingerprint density at radius 3 is 2.59 bits per heavy atom. The number of hydrogen-bond donors (Lipinski definition) is 2.